The maximum Gasteiger partial charge on any atom is 0.220 e. The van der Waals surface area contributed by atoms with Gasteiger partial charge in [0, 0.05) is 23.4 Å². The van der Waals surface area contributed by atoms with Gasteiger partial charge in [-0.1, -0.05) is 31.9 Å². The average Bonchev–Trinajstić information content (AvgIpc) is 2.95. The first-order chi connectivity index (χ1) is 10.0. The number of anilines is 1. The molecule has 0 spiro atoms. The smallest absolute Gasteiger partial charge is 0.220 e. The Morgan fingerprint density at radius 1 is 1.33 bits per heavy atom. The molecule has 1 aliphatic carbocycles. The van der Waals surface area contributed by atoms with Gasteiger partial charge < -0.3 is 11.1 Å². The van der Waals surface area contributed by atoms with Crippen LogP contribution in [0.3, 0.4) is 0 Å². The van der Waals surface area contributed by atoms with E-state index in [1.807, 2.05) is 36.0 Å². The van der Waals surface area contributed by atoms with Crippen LogP contribution in [0.1, 0.15) is 50.5 Å². The second-order valence-electron chi connectivity index (χ2n) is 6.14. The second-order valence-corrected chi connectivity index (χ2v) is 7.42. The number of nitrogens with one attached hydrogen (secondary N) is 1. The number of nitrogens with two attached hydrogens (primary N) is 1. The van der Waals surface area contributed by atoms with Crippen LogP contribution < -0.4 is 11.1 Å². The zero-order valence-corrected chi connectivity index (χ0v) is 13.8. The molecule has 1 saturated carbocycles. The van der Waals surface area contributed by atoms with Gasteiger partial charge in [-0.25, -0.2) is 0 Å². The minimum Gasteiger partial charge on any atom is -0.399 e. The van der Waals surface area contributed by atoms with Crippen LogP contribution in [-0.2, 0) is 4.79 Å². The Bertz CT molecular complexity index is 466. The Morgan fingerprint density at radius 3 is 2.52 bits per heavy atom. The van der Waals surface area contributed by atoms with E-state index in [0.717, 1.165) is 12.2 Å². The third kappa shape index (κ3) is 4.40. The van der Waals surface area contributed by atoms with Gasteiger partial charge in [0.05, 0.1) is 0 Å². The molecule has 0 radical (unpaired) electrons. The van der Waals surface area contributed by atoms with Gasteiger partial charge >= 0.3 is 0 Å². The summed E-state index contributed by atoms with van der Waals surface area (Å²) in [7, 11) is 0. The highest BCUT2D eigenvalue weighted by Crippen LogP contribution is 2.39. The fourth-order valence-electron chi connectivity index (χ4n) is 3.02. The van der Waals surface area contributed by atoms with Gasteiger partial charge in [-0.15, -0.1) is 0 Å². The lowest BCUT2D eigenvalue weighted by molar-refractivity contribution is -0.121. The first-order valence-electron chi connectivity index (χ1n) is 7.72. The number of carbonyl (C=O) groups excluding carboxylic acids is 1. The highest BCUT2D eigenvalue weighted by Gasteiger charge is 2.33. The van der Waals surface area contributed by atoms with E-state index in [4.69, 9.17) is 5.73 Å². The number of rotatable bonds is 6. The molecule has 0 aromatic heterocycles. The molecule has 21 heavy (non-hydrogen) atoms. The SMILES string of the molecule is CSC1(CNC(=O)CC(C)c2ccc(N)cc2)CCCC1. The predicted molar refractivity (Wildman–Crippen MR) is 91.6 cm³/mol. The van der Waals surface area contributed by atoms with Crippen molar-refractivity contribution in [3.63, 3.8) is 0 Å². The number of hydrogen-bond acceptors (Lipinski definition) is 3. The van der Waals surface area contributed by atoms with Crippen molar-refractivity contribution in [1.29, 1.82) is 0 Å². The van der Waals surface area contributed by atoms with Gasteiger partial charge in [0.2, 0.25) is 5.91 Å². The van der Waals surface area contributed by atoms with Gasteiger partial charge in [0.15, 0.2) is 0 Å². The monoisotopic (exact) mass is 306 g/mol. The lowest BCUT2D eigenvalue weighted by Crippen LogP contribution is -2.38. The summed E-state index contributed by atoms with van der Waals surface area (Å²) in [5.74, 6) is 0.374. The summed E-state index contributed by atoms with van der Waals surface area (Å²) in [6, 6.07) is 7.80. The Hall–Kier alpha value is -1.16. The van der Waals surface area contributed by atoms with Crippen LogP contribution in [0, 0.1) is 0 Å². The largest absolute Gasteiger partial charge is 0.399 e. The zero-order chi connectivity index (χ0) is 15.3. The second kappa shape index (κ2) is 7.21. The average molecular weight is 306 g/mol. The number of thioether (sulfide) groups is 1. The van der Waals surface area contributed by atoms with E-state index in [9.17, 15) is 4.79 Å². The number of amides is 1. The number of hydrogen-bond donors (Lipinski definition) is 2. The van der Waals surface area contributed by atoms with Crippen molar-refractivity contribution in [2.75, 3.05) is 18.5 Å². The molecule has 0 aliphatic heterocycles. The first-order valence-corrected chi connectivity index (χ1v) is 8.94. The van der Waals surface area contributed by atoms with Crippen molar-refractivity contribution in [3.05, 3.63) is 29.8 Å². The Morgan fingerprint density at radius 2 is 1.95 bits per heavy atom. The Kier molecular flexibility index (Phi) is 5.57. The summed E-state index contributed by atoms with van der Waals surface area (Å²) in [5, 5.41) is 3.14. The maximum absolute atomic E-state index is 12.2. The molecule has 0 heterocycles. The molecule has 0 bridgehead atoms. The summed E-state index contributed by atoms with van der Waals surface area (Å²) >= 11 is 1.91. The zero-order valence-electron chi connectivity index (χ0n) is 13.0. The summed E-state index contributed by atoms with van der Waals surface area (Å²) in [5.41, 5.74) is 7.62. The standard InChI is InChI=1S/C17H26N2OS/c1-13(14-5-7-15(18)8-6-14)11-16(20)19-12-17(21-2)9-3-4-10-17/h5-8,13H,3-4,9-12,18H2,1-2H3,(H,19,20). The highest BCUT2D eigenvalue weighted by atomic mass is 32.2. The molecule has 2 rings (SSSR count). The van der Waals surface area contributed by atoms with E-state index in [1.54, 1.807) is 0 Å². The van der Waals surface area contributed by atoms with Crippen molar-refractivity contribution < 1.29 is 4.79 Å². The summed E-state index contributed by atoms with van der Waals surface area (Å²) < 4.78 is 0.278. The van der Waals surface area contributed by atoms with Gasteiger partial charge in [-0.3, -0.25) is 4.79 Å². The fourth-order valence-corrected chi connectivity index (χ4v) is 3.94. The fraction of sp³-hybridized carbons (Fsp3) is 0.588. The molecule has 1 aliphatic rings. The van der Waals surface area contributed by atoms with Crippen LogP contribution in [0.4, 0.5) is 5.69 Å². The molecule has 3 nitrogen and oxygen atoms in total. The molecular formula is C17H26N2OS. The molecule has 4 heteroatoms. The van der Waals surface area contributed by atoms with Crippen molar-refractivity contribution in [3.8, 4) is 0 Å². The van der Waals surface area contributed by atoms with Crippen LogP contribution in [0.2, 0.25) is 0 Å². The molecular weight excluding hydrogens is 280 g/mol. The van der Waals surface area contributed by atoms with E-state index in [1.165, 1.54) is 31.2 Å². The van der Waals surface area contributed by atoms with Crippen molar-refractivity contribution in [1.82, 2.24) is 5.32 Å². The van der Waals surface area contributed by atoms with Crippen LogP contribution in [-0.4, -0.2) is 23.5 Å². The molecule has 1 unspecified atom stereocenters. The van der Waals surface area contributed by atoms with E-state index in [-0.39, 0.29) is 16.6 Å². The van der Waals surface area contributed by atoms with E-state index in [0.29, 0.717) is 6.42 Å². The normalized spacial score (nSPS) is 18.4. The minimum absolute atomic E-state index is 0.152. The highest BCUT2D eigenvalue weighted by molar-refractivity contribution is 8.00. The molecule has 1 aromatic carbocycles. The third-order valence-electron chi connectivity index (χ3n) is 4.55. The Labute approximate surface area is 132 Å². The van der Waals surface area contributed by atoms with Crippen LogP contribution in [0.25, 0.3) is 0 Å². The minimum atomic E-state index is 0.152. The number of carbonyl (C=O) groups is 1. The predicted octanol–water partition coefficient (Wildman–Crippen LogP) is 3.55. The van der Waals surface area contributed by atoms with E-state index >= 15 is 0 Å². The van der Waals surface area contributed by atoms with Crippen molar-refractivity contribution in [2.45, 2.75) is 49.7 Å². The van der Waals surface area contributed by atoms with Gasteiger partial charge in [0.25, 0.3) is 0 Å². The number of benzene rings is 1. The summed E-state index contributed by atoms with van der Waals surface area (Å²) in [6.07, 6.45) is 7.73. The summed E-state index contributed by atoms with van der Waals surface area (Å²) in [4.78, 5) is 12.2. The van der Waals surface area contributed by atoms with Gasteiger partial charge in [-0.05, 0) is 42.7 Å². The topological polar surface area (TPSA) is 55.1 Å². The van der Waals surface area contributed by atoms with Crippen molar-refractivity contribution >= 4 is 23.4 Å². The van der Waals surface area contributed by atoms with Gasteiger partial charge in [-0.2, -0.15) is 11.8 Å². The molecule has 116 valence electrons. The molecule has 1 aromatic rings. The molecule has 1 amide bonds. The lowest BCUT2D eigenvalue weighted by Gasteiger charge is -2.27. The van der Waals surface area contributed by atoms with Crippen LogP contribution >= 0.6 is 11.8 Å². The molecule has 3 N–H and O–H groups in total. The van der Waals surface area contributed by atoms with E-state index in [2.05, 4.69) is 18.5 Å². The quantitative estimate of drug-likeness (QED) is 0.790. The van der Waals surface area contributed by atoms with Crippen LogP contribution in [0.15, 0.2) is 24.3 Å². The molecule has 1 fully saturated rings. The summed E-state index contributed by atoms with van der Waals surface area (Å²) in [6.45, 7) is 2.90. The Balaban J connectivity index is 1.82. The van der Waals surface area contributed by atoms with E-state index < -0.39 is 0 Å². The lowest BCUT2D eigenvalue weighted by atomic mass is 9.97. The molecule has 1 atom stereocenters. The van der Waals surface area contributed by atoms with Crippen molar-refractivity contribution in [2.24, 2.45) is 0 Å². The van der Waals surface area contributed by atoms with Gasteiger partial charge in [0.1, 0.15) is 0 Å². The molecule has 0 saturated heterocycles. The van der Waals surface area contributed by atoms with Crippen LogP contribution in [0.5, 0.6) is 0 Å². The third-order valence-corrected chi connectivity index (χ3v) is 5.97. The first kappa shape index (κ1) is 16.2. The maximum atomic E-state index is 12.2. The number of nitrogen functional groups attached to an aromatic ring is 1.